The van der Waals surface area contributed by atoms with Gasteiger partial charge >= 0.3 is 0 Å². The molecule has 0 aromatic carbocycles. The van der Waals surface area contributed by atoms with Crippen molar-refractivity contribution in [3.8, 4) is 0 Å². The van der Waals surface area contributed by atoms with Crippen LogP contribution in [0.2, 0.25) is 0 Å². The van der Waals surface area contributed by atoms with E-state index in [2.05, 4.69) is 22.9 Å². The molecule has 3 aliphatic heterocycles. The van der Waals surface area contributed by atoms with E-state index < -0.39 is 0 Å². The summed E-state index contributed by atoms with van der Waals surface area (Å²) in [5, 5.41) is 11.4. The second-order valence-corrected chi connectivity index (χ2v) is 7.39. The first-order chi connectivity index (χ1) is 9.34. The average molecular weight is 263 g/mol. The van der Waals surface area contributed by atoms with E-state index >= 15 is 0 Å². The zero-order valence-electron chi connectivity index (χ0n) is 12.2. The quantitative estimate of drug-likeness (QED) is 0.677. The third-order valence-electron chi connectivity index (χ3n) is 6.40. The fraction of sp³-hybridized carbons (Fsp3) is 1.00. The molecule has 3 heterocycles. The summed E-state index contributed by atoms with van der Waals surface area (Å²) < 4.78 is 0. The predicted octanol–water partition coefficient (Wildman–Crippen LogP) is 2.05. The van der Waals surface area contributed by atoms with Crippen LogP contribution in [0.15, 0.2) is 0 Å². The van der Waals surface area contributed by atoms with E-state index in [4.69, 9.17) is 0 Å². The molecule has 3 saturated heterocycles. The Hall–Kier alpha value is -0.120. The molecule has 0 aromatic heterocycles. The van der Waals surface area contributed by atoms with Gasteiger partial charge in [0.05, 0.1) is 12.3 Å². The van der Waals surface area contributed by atoms with Gasteiger partial charge in [0, 0.05) is 6.04 Å². The summed E-state index contributed by atoms with van der Waals surface area (Å²) in [4.78, 5) is 0. The van der Waals surface area contributed by atoms with Gasteiger partial charge in [-0.2, -0.15) is 0 Å². The minimum absolute atomic E-state index is 0.586. The first-order valence-electron chi connectivity index (χ1n) is 8.60. The van der Waals surface area contributed by atoms with Crippen LogP contribution in [0.3, 0.4) is 0 Å². The average Bonchev–Trinajstić information content (AvgIpc) is 2.94. The Morgan fingerprint density at radius 3 is 2.47 bits per heavy atom. The summed E-state index contributed by atoms with van der Waals surface area (Å²) in [7, 11) is 0. The Kier molecular flexibility index (Phi) is 3.33. The van der Waals surface area contributed by atoms with E-state index in [1.165, 1.54) is 51.5 Å². The summed E-state index contributed by atoms with van der Waals surface area (Å²) in [6.45, 7) is 3.64. The fourth-order valence-corrected chi connectivity index (χ4v) is 5.70. The molecule has 0 aromatic rings. The Bertz CT molecular complexity index is 326. The van der Waals surface area contributed by atoms with Gasteiger partial charge in [-0.15, -0.1) is 0 Å². The Morgan fingerprint density at radius 1 is 0.789 bits per heavy atom. The van der Waals surface area contributed by atoms with Crippen molar-refractivity contribution in [2.75, 3.05) is 6.54 Å². The lowest BCUT2D eigenvalue weighted by atomic mass is 9.68. The van der Waals surface area contributed by atoms with E-state index in [0.29, 0.717) is 18.4 Å². The molecule has 4 rings (SSSR count). The maximum absolute atomic E-state index is 3.87. The van der Waals surface area contributed by atoms with Crippen molar-refractivity contribution in [3.63, 3.8) is 0 Å². The second-order valence-electron chi connectivity index (χ2n) is 7.39. The van der Waals surface area contributed by atoms with Crippen LogP contribution in [-0.4, -0.2) is 24.9 Å². The smallest absolute Gasteiger partial charge is 0.0622 e. The van der Waals surface area contributed by atoms with Gasteiger partial charge in [-0.1, -0.05) is 32.1 Å². The maximum atomic E-state index is 3.87. The molecule has 0 radical (unpaired) electrons. The van der Waals surface area contributed by atoms with Crippen LogP contribution in [0.25, 0.3) is 0 Å². The van der Waals surface area contributed by atoms with Gasteiger partial charge in [-0.25, -0.2) is 0 Å². The number of hydrogen-bond donors (Lipinski definition) is 3. The Labute approximate surface area is 117 Å². The highest BCUT2D eigenvalue weighted by atomic mass is 15.3. The highest BCUT2D eigenvalue weighted by Crippen LogP contribution is 2.48. The van der Waals surface area contributed by atoms with Crippen LogP contribution in [0.1, 0.15) is 51.9 Å². The van der Waals surface area contributed by atoms with Crippen molar-refractivity contribution in [1.29, 1.82) is 0 Å². The Balaban J connectivity index is 1.55. The second kappa shape index (κ2) is 5.01. The number of nitrogens with one attached hydrogen (secondary N) is 3. The highest BCUT2D eigenvalue weighted by molar-refractivity contribution is 5.07. The van der Waals surface area contributed by atoms with Crippen molar-refractivity contribution in [3.05, 3.63) is 0 Å². The molecule has 6 unspecified atom stereocenters. The largest absolute Gasteiger partial charge is 0.302 e. The molecule has 1 saturated carbocycles. The molecule has 19 heavy (non-hydrogen) atoms. The van der Waals surface area contributed by atoms with Gasteiger partial charge < -0.3 is 5.32 Å². The van der Waals surface area contributed by atoms with Gasteiger partial charge in [0.15, 0.2) is 0 Å². The van der Waals surface area contributed by atoms with Crippen LogP contribution in [0.4, 0.5) is 0 Å². The minimum Gasteiger partial charge on any atom is -0.302 e. The van der Waals surface area contributed by atoms with Gasteiger partial charge in [0.25, 0.3) is 0 Å². The summed E-state index contributed by atoms with van der Waals surface area (Å²) in [5.41, 5.74) is 0. The number of hydrogen-bond acceptors (Lipinski definition) is 3. The van der Waals surface area contributed by atoms with E-state index in [1.54, 1.807) is 0 Å². The lowest BCUT2D eigenvalue weighted by molar-refractivity contribution is 0.134. The van der Waals surface area contributed by atoms with Crippen LogP contribution in [-0.2, 0) is 0 Å². The predicted molar refractivity (Wildman–Crippen MR) is 77.6 cm³/mol. The van der Waals surface area contributed by atoms with Crippen LogP contribution in [0, 0.1) is 23.7 Å². The van der Waals surface area contributed by atoms with Crippen molar-refractivity contribution in [2.45, 2.75) is 70.2 Å². The van der Waals surface area contributed by atoms with Gasteiger partial charge in [0.2, 0.25) is 0 Å². The number of piperidine rings is 1. The van der Waals surface area contributed by atoms with Gasteiger partial charge in [-0.05, 0) is 50.0 Å². The molecule has 0 bridgehead atoms. The van der Waals surface area contributed by atoms with Gasteiger partial charge in [0.1, 0.15) is 0 Å². The molecular formula is C16H29N3. The summed E-state index contributed by atoms with van der Waals surface area (Å²) in [6.07, 6.45) is 11.4. The fourth-order valence-electron chi connectivity index (χ4n) is 5.70. The van der Waals surface area contributed by atoms with Crippen molar-refractivity contribution >= 4 is 0 Å². The van der Waals surface area contributed by atoms with Crippen molar-refractivity contribution < 1.29 is 0 Å². The molecule has 1 aliphatic carbocycles. The van der Waals surface area contributed by atoms with Crippen LogP contribution < -0.4 is 16.0 Å². The first kappa shape index (κ1) is 12.6. The monoisotopic (exact) mass is 263 g/mol. The normalized spacial score (nSPS) is 51.0. The topological polar surface area (TPSA) is 36.1 Å². The molecule has 108 valence electrons. The van der Waals surface area contributed by atoms with E-state index in [-0.39, 0.29) is 0 Å². The maximum Gasteiger partial charge on any atom is 0.0622 e. The van der Waals surface area contributed by atoms with Crippen LogP contribution >= 0.6 is 0 Å². The van der Waals surface area contributed by atoms with Crippen molar-refractivity contribution in [2.24, 2.45) is 23.7 Å². The molecule has 4 aliphatic rings. The molecule has 4 fully saturated rings. The highest BCUT2D eigenvalue weighted by Gasteiger charge is 2.54. The minimum atomic E-state index is 0.586. The first-order valence-corrected chi connectivity index (χ1v) is 8.60. The zero-order valence-corrected chi connectivity index (χ0v) is 12.2. The Morgan fingerprint density at radius 2 is 1.63 bits per heavy atom. The summed E-state index contributed by atoms with van der Waals surface area (Å²) in [5.74, 6) is 3.68. The summed E-state index contributed by atoms with van der Waals surface area (Å²) in [6, 6.07) is 0.716. The van der Waals surface area contributed by atoms with Gasteiger partial charge in [-0.3, -0.25) is 10.6 Å². The number of fused-ring (bicyclic) bond motifs is 3. The molecule has 3 N–H and O–H groups in total. The standard InChI is InChI=1S/C16H29N3/c1-10-13(11-6-3-2-4-7-11)14-12-8-5-9-17-15(12)19-16(14)18-10/h10-19H,2-9H2,1H3. The lowest BCUT2D eigenvalue weighted by Crippen LogP contribution is -2.51. The molecule has 3 nitrogen and oxygen atoms in total. The van der Waals surface area contributed by atoms with Crippen molar-refractivity contribution in [1.82, 2.24) is 16.0 Å². The molecule has 0 amide bonds. The summed E-state index contributed by atoms with van der Waals surface area (Å²) >= 11 is 0. The number of rotatable bonds is 1. The molecular weight excluding hydrogens is 234 g/mol. The van der Waals surface area contributed by atoms with E-state index in [9.17, 15) is 0 Å². The van der Waals surface area contributed by atoms with Crippen LogP contribution in [0.5, 0.6) is 0 Å². The van der Waals surface area contributed by atoms with E-state index in [0.717, 1.165) is 23.7 Å². The molecule has 0 spiro atoms. The molecule has 3 heteroatoms. The third kappa shape index (κ3) is 2.05. The molecule has 6 atom stereocenters. The lowest BCUT2D eigenvalue weighted by Gasteiger charge is -2.38. The van der Waals surface area contributed by atoms with E-state index in [1.807, 2.05) is 0 Å². The zero-order chi connectivity index (χ0) is 12.8. The third-order valence-corrected chi connectivity index (χ3v) is 6.40. The SMILES string of the molecule is CC1NC2NC3NCCCC3C2C1C1CCCCC1.